The molecule has 3 rings (SSSR count). The number of furan rings is 1. The standard InChI is InChI=1S/C14H11ClO/c1-9(15)10-6-7-14-12(8-10)11-4-2-3-5-13(11)16-14/h2-9H,1H3/t9-/m0/s1. The zero-order valence-corrected chi connectivity index (χ0v) is 9.66. The molecule has 3 aromatic rings. The molecule has 0 aliphatic rings. The molecule has 0 aliphatic heterocycles. The van der Waals surface area contributed by atoms with Crippen LogP contribution in [0.4, 0.5) is 0 Å². The number of hydrogen-bond acceptors (Lipinski definition) is 1. The van der Waals surface area contributed by atoms with Crippen molar-refractivity contribution >= 4 is 33.5 Å². The monoisotopic (exact) mass is 230 g/mol. The molecule has 16 heavy (non-hydrogen) atoms. The summed E-state index contributed by atoms with van der Waals surface area (Å²) in [5.41, 5.74) is 2.97. The van der Waals surface area contributed by atoms with Gasteiger partial charge >= 0.3 is 0 Å². The lowest BCUT2D eigenvalue weighted by Crippen LogP contribution is -1.82. The number of para-hydroxylation sites is 1. The molecule has 0 spiro atoms. The van der Waals surface area contributed by atoms with Crippen LogP contribution in [-0.4, -0.2) is 0 Å². The van der Waals surface area contributed by atoms with Crippen LogP contribution in [0.2, 0.25) is 0 Å². The van der Waals surface area contributed by atoms with Crippen molar-refractivity contribution < 1.29 is 4.42 Å². The van der Waals surface area contributed by atoms with Crippen LogP contribution in [0.15, 0.2) is 46.9 Å². The largest absolute Gasteiger partial charge is 0.456 e. The molecule has 1 atom stereocenters. The van der Waals surface area contributed by atoms with Crippen molar-refractivity contribution in [1.29, 1.82) is 0 Å². The Hall–Kier alpha value is -1.47. The molecule has 1 heterocycles. The second kappa shape index (κ2) is 3.53. The summed E-state index contributed by atoms with van der Waals surface area (Å²) < 4.78 is 5.74. The molecular formula is C14H11ClO. The maximum Gasteiger partial charge on any atom is 0.135 e. The Bertz CT molecular complexity index is 652. The lowest BCUT2D eigenvalue weighted by atomic mass is 10.1. The summed E-state index contributed by atoms with van der Waals surface area (Å²) in [4.78, 5) is 0. The fourth-order valence-corrected chi connectivity index (χ4v) is 2.13. The van der Waals surface area contributed by atoms with E-state index in [4.69, 9.17) is 16.0 Å². The Morgan fingerprint density at radius 1 is 1.00 bits per heavy atom. The van der Waals surface area contributed by atoms with Gasteiger partial charge in [-0.3, -0.25) is 0 Å². The quantitative estimate of drug-likeness (QED) is 0.543. The Morgan fingerprint density at radius 2 is 1.75 bits per heavy atom. The van der Waals surface area contributed by atoms with Gasteiger partial charge in [-0.05, 0) is 30.7 Å². The molecule has 0 fully saturated rings. The maximum atomic E-state index is 6.09. The number of rotatable bonds is 1. The summed E-state index contributed by atoms with van der Waals surface area (Å²) in [5, 5.41) is 2.32. The van der Waals surface area contributed by atoms with Crippen LogP contribution in [0.3, 0.4) is 0 Å². The van der Waals surface area contributed by atoms with Gasteiger partial charge in [0.05, 0.1) is 5.38 Å². The third kappa shape index (κ3) is 1.40. The summed E-state index contributed by atoms with van der Waals surface area (Å²) in [7, 11) is 0. The Balaban J connectivity index is 2.40. The van der Waals surface area contributed by atoms with Crippen molar-refractivity contribution in [2.24, 2.45) is 0 Å². The van der Waals surface area contributed by atoms with E-state index in [-0.39, 0.29) is 5.38 Å². The highest BCUT2D eigenvalue weighted by atomic mass is 35.5. The van der Waals surface area contributed by atoms with Crippen LogP contribution < -0.4 is 0 Å². The van der Waals surface area contributed by atoms with E-state index in [0.717, 1.165) is 27.5 Å². The highest BCUT2D eigenvalue weighted by molar-refractivity contribution is 6.20. The summed E-state index contributed by atoms with van der Waals surface area (Å²) in [5.74, 6) is 0. The molecule has 0 aliphatic carbocycles. The predicted molar refractivity (Wildman–Crippen MR) is 68.0 cm³/mol. The van der Waals surface area contributed by atoms with Crippen molar-refractivity contribution in [1.82, 2.24) is 0 Å². The number of alkyl halides is 1. The normalized spacial score (nSPS) is 13.4. The zero-order valence-electron chi connectivity index (χ0n) is 8.91. The molecule has 0 radical (unpaired) electrons. The van der Waals surface area contributed by atoms with Gasteiger partial charge in [0.2, 0.25) is 0 Å². The number of hydrogen-bond donors (Lipinski definition) is 0. The first-order valence-electron chi connectivity index (χ1n) is 5.31. The second-order valence-electron chi connectivity index (χ2n) is 3.97. The van der Waals surface area contributed by atoms with Gasteiger partial charge in [-0.2, -0.15) is 0 Å². The van der Waals surface area contributed by atoms with Crippen LogP contribution in [0.5, 0.6) is 0 Å². The van der Waals surface area contributed by atoms with Crippen molar-refractivity contribution in [2.75, 3.05) is 0 Å². The van der Waals surface area contributed by atoms with Crippen LogP contribution >= 0.6 is 11.6 Å². The van der Waals surface area contributed by atoms with Gasteiger partial charge in [-0.1, -0.05) is 24.3 Å². The van der Waals surface area contributed by atoms with Crippen molar-refractivity contribution in [2.45, 2.75) is 12.3 Å². The molecule has 1 nitrogen and oxygen atoms in total. The lowest BCUT2D eigenvalue weighted by molar-refractivity contribution is 0.669. The van der Waals surface area contributed by atoms with Gasteiger partial charge in [0.1, 0.15) is 11.2 Å². The molecule has 2 heteroatoms. The number of benzene rings is 2. The lowest BCUT2D eigenvalue weighted by Gasteiger charge is -2.01. The van der Waals surface area contributed by atoms with Gasteiger partial charge in [0.25, 0.3) is 0 Å². The Kier molecular flexibility index (Phi) is 2.15. The molecule has 0 unspecified atom stereocenters. The number of halogens is 1. The molecule has 0 bridgehead atoms. The first-order chi connectivity index (χ1) is 7.75. The highest BCUT2D eigenvalue weighted by Gasteiger charge is 2.08. The molecular weight excluding hydrogens is 220 g/mol. The first-order valence-corrected chi connectivity index (χ1v) is 5.74. The van der Waals surface area contributed by atoms with Crippen LogP contribution in [0.25, 0.3) is 21.9 Å². The fraction of sp³-hybridized carbons (Fsp3) is 0.143. The van der Waals surface area contributed by atoms with Gasteiger partial charge < -0.3 is 4.42 Å². The van der Waals surface area contributed by atoms with E-state index >= 15 is 0 Å². The summed E-state index contributed by atoms with van der Waals surface area (Å²) in [6.07, 6.45) is 0. The fourth-order valence-electron chi connectivity index (χ4n) is 1.99. The minimum absolute atomic E-state index is 0.0260. The van der Waals surface area contributed by atoms with Crippen LogP contribution in [0.1, 0.15) is 17.9 Å². The molecule has 0 saturated carbocycles. The van der Waals surface area contributed by atoms with E-state index in [2.05, 4.69) is 12.1 Å². The first kappa shape index (κ1) is 9.73. The molecule has 0 N–H and O–H groups in total. The van der Waals surface area contributed by atoms with Gasteiger partial charge in [-0.15, -0.1) is 11.6 Å². The minimum Gasteiger partial charge on any atom is -0.456 e. The van der Waals surface area contributed by atoms with E-state index in [9.17, 15) is 0 Å². The maximum absolute atomic E-state index is 6.09. The third-order valence-corrected chi connectivity index (χ3v) is 3.11. The van der Waals surface area contributed by atoms with Gasteiger partial charge in [-0.25, -0.2) is 0 Å². The van der Waals surface area contributed by atoms with Gasteiger partial charge in [0, 0.05) is 10.8 Å². The average Bonchev–Trinajstić information content (AvgIpc) is 2.66. The van der Waals surface area contributed by atoms with Crippen molar-refractivity contribution in [3.63, 3.8) is 0 Å². The van der Waals surface area contributed by atoms with Crippen LogP contribution in [0, 0.1) is 0 Å². The topological polar surface area (TPSA) is 13.1 Å². The Morgan fingerprint density at radius 3 is 2.56 bits per heavy atom. The second-order valence-corrected chi connectivity index (χ2v) is 4.62. The SMILES string of the molecule is C[C@H](Cl)c1ccc2oc3ccccc3c2c1. The van der Waals surface area contributed by atoms with Crippen molar-refractivity contribution in [3.05, 3.63) is 48.0 Å². The third-order valence-electron chi connectivity index (χ3n) is 2.86. The summed E-state index contributed by atoms with van der Waals surface area (Å²) in [6.45, 7) is 1.98. The molecule has 0 amide bonds. The molecule has 0 saturated heterocycles. The summed E-state index contributed by atoms with van der Waals surface area (Å²) >= 11 is 6.09. The van der Waals surface area contributed by atoms with E-state index in [1.807, 2.05) is 37.3 Å². The smallest absolute Gasteiger partial charge is 0.135 e. The average molecular weight is 231 g/mol. The van der Waals surface area contributed by atoms with E-state index in [1.54, 1.807) is 0 Å². The zero-order chi connectivity index (χ0) is 11.1. The predicted octanol–water partition coefficient (Wildman–Crippen LogP) is 4.89. The van der Waals surface area contributed by atoms with E-state index in [1.165, 1.54) is 0 Å². The molecule has 80 valence electrons. The Labute approximate surface area is 98.6 Å². The molecule has 1 aromatic heterocycles. The van der Waals surface area contributed by atoms with Gasteiger partial charge in [0.15, 0.2) is 0 Å². The van der Waals surface area contributed by atoms with Crippen molar-refractivity contribution in [3.8, 4) is 0 Å². The van der Waals surface area contributed by atoms with Crippen LogP contribution in [-0.2, 0) is 0 Å². The molecule has 2 aromatic carbocycles. The van der Waals surface area contributed by atoms with E-state index < -0.39 is 0 Å². The minimum atomic E-state index is 0.0260. The highest BCUT2D eigenvalue weighted by Crippen LogP contribution is 2.31. The van der Waals surface area contributed by atoms with E-state index in [0.29, 0.717) is 0 Å². The number of fused-ring (bicyclic) bond motifs is 3. The summed E-state index contributed by atoms with van der Waals surface area (Å²) in [6, 6.07) is 14.2.